The first kappa shape index (κ1) is 18.3. The van der Waals surface area contributed by atoms with Crippen molar-refractivity contribution in [3.05, 3.63) is 75.5 Å². The summed E-state index contributed by atoms with van der Waals surface area (Å²) < 4.78 is 24.4. The maximum Gasteiger partial charge on any atom is 0.437 e. The van der Waals surface area contributed by atoms with E-state index in [2.05, 4.69) is 5.10 Å². The van der Waals surface area contributed by atoms with Crippen LogP contribution in [-0.4, -0.2) is 27.6 Å². The molecule has 8 heteroatoms. The van der Waals surface area contributed by atoms with E-state index >= 15 is 0 Å². The summed E-state index contributed by atoms with van der Waals surface area (Å²) in [6.07, 6.45) is -0.939. The lowest BCUT2D eigenvalue weighted by Crippen LogP contribution is -2.28. The van der Waals surface area contributed by atoms with E-state index in [-0.39, 0.29) is 19.0 Å². The van der Waals surface area contributed by atoms with Crippen LogP contribution < -0.4 is 5.76 Å². The topological polar surface area (TPSA) is 77.5 Å². The number of halogens is 2. The summed E-state index contributed by atoms with van der Waals surface area (Å²) in [6.45, 7) is 0.251. The number of hydrogen-bond donors (Lipinski definition) is 1. The molecule has 1 N–H and O–H groups in total. The van der Waals surface area contributed by atoms with Gasteiger partial charge in [0, 0.05) is 10.6 Å². The maximum atomic E-state index is 12.9. The summed E-state index contributed by atoms with van der Waals surface area (Å²) in [4.78, 5) is 11.8. The van der Waals surface area contributed by atoms with E-state index in [1.54, 1.807) is 12.1 Å². The predicted molar refractivity (Wildman–Crippen MR) is 93.3 cm³/mol. The predicted octanol–water partition coefficient (Wildman–Crippen LogP) is 2.87. The highest BCUT2D eigenvalue weighted by atomic mass is 35.5. The van der Waals surface area contributed by atoms with Gasteiger partial charge in [0.25, 0.3) is 0 Å². The Morgan fingerprint density at radius 1 is 1.19 bits per heavy atom. The molecule has 6 nitrogen and oxygen atoms in total. The standard InChI is InChI=1S/C18H16ClFN2O4/c19-14-5-1-12(2-6-14)10-25-11-16(23)9-22-18(24)26-17(21-22)13-3-7-15(20)8-4-13/h1-8,16,23H,9-11H2. The quantitative estimate of drug-likeness (QED) is 0.684. The van der Waals surface area contributed by atoms with Crippen LogP contribution in [0.15, 0.2) is 57.7 Å². The van der Waals surface area contributed by atoms with Crippen LogP contribution in [0.5, 0.6) is 0 Å². The maximum absolute atomic E-state index is 12.9. The first-order chi connectivity index (χ1) is 12.5. The van der Waals surface area contributed by atoms with Gasteiger partial charge in [0.2, 0.25) is 5.89 Å². The third-order valence-electron chi connectivity index (χ3n) is 3.57. The second-order valence-electron chi connectivity index (χ2n) is 5.66. The van der Waals surface area contributed by atoms with Crippen LogP contribution in [0.4, 0.5) is 4.39 Å². The number of benzene rings is 2. The molecule has 1 aromatic heterocycles. The van der Waals surface area contributed by atoms with E-state index in [0.717, 1.165) is 10.2 Å². The summed E-state index contributed by atoms with van der Waals surface area (Å²) in [5.74, 6) is -1.05. The van der Waals surface area contributed by atoms with Crippen molar-refractivity contribution in [1.82, 2.24) is 9.78 Å². The van der Waals surface area contributed by atoms with Gasteiger partial charge < -0.3 is 14.3 Å². The van der Waals surface area contributed by atoms with Gasteiger partial charge in [-0.15, -0.1) is 5.10 Å². The molecular weight excluding hydrogens is 363 g/mol. The Labute approximate surface area is 153 Å². The minimum Gasteiger partial charge on any atom is -0.389 e. The smallest absolute Gasteiger partial charge is 0.389 e. The zero-order valence-electron chi connectivity index (χ0n) is 13.6. The number of aromatic nitrogens is 2. The van der Waals surface area contributed by atoms with Crippen molar-refractivity contribution < 1.29 is 18.7 Å². The van der Waals surface area contributed by atoms with E-state index in [1.165, 1.54) is 24.3 Å². The van der Waals surface area contributed by atoms with Crippen LogP contribution in [0.2, 0.25) is 5.02 Å². The van der Waals surface area contributed by atoms with Crippen LogP contribution in [0.25, 0.3) is 11.5 Å². The second-order valence-corrected chi connectivity index (χ2v) is 6.09. The molecule has 0 aliphatic carbocycles. The third kappa shape index (κ3) is 4.78. The molecule has 1 unspecified atom stereocenters. The van der Waals surface area contributed by atoms with Gasteiger partial charge >= 0.3 is 5.76 Å². The van der Waals surface area contributed by atoms with Crippen molar-refractivity contribution in [2.75, 3.05) is 6.61 Å². The fourth-order valence-corrected chi connectivity index (χ4v) is 2.40. The van der Waals surface area contributed by atoms with E-state index in [1.807, 2.05) is 12.1 Å². The van der Waals surface area contributed by atoms with Crippen LogP contribution in [-0.2, 0) is 17.9 Å². The molecule has 26 heavy (non-hydrogen) atoms. The molecule has 0 aliphatic heterocycles. The van der Waals surface area contributed by atoms with Crippen LogP contribution >= 0.6 is 11.6 Å². The minimum atomic E-state index is -0.939. The zero-order valence-corrected chi connectivity index (χ0v) is 14.4. The molecule has 3 rings (SSSR count). The number of rotatable bonds is 7. The van der Waals surface area contributed by atoms with E-state index in [4.69, 9.17) is 20.8 Å². The summed E-state index contributed by atoms with van der Waals surface area (Å²) in [5.41, 5.74) is 1.38. The van der Waals surface area contributed by atoms with Gasteiger partial charge in [-0.05, 0) is 42.0 Å². The minimum absolute atomic E-state index is 0.0216. The van der Waals surface area contributed by atoms with Crippen molar-refractivity contribution >= 4 is 11.6 Å². The molecule has 136 valence electrons. The highest BCUT2D eigenvalue weighted by molar-refractivity contribution is 6.30. The summed E-state index contributed by atoms with van der Waals surface area (Å²) >= 11 is 5.81. The van der Waals surface area contributed by atoms with Crippen molar-refractivity contribution in [3.8, 4) is 11.5 Å². The highest BCUT2D eigenvalue weighted by Crippen LogP contribution is 2.15. The van der Waals surface area contributed by atoms with Crippen LogP contribution in [0.1, 0.15) is 5.56 Å². The molecule has 0 saturated carbocycles. The van der Waals surface area contributed by atoms with Gasteiger partial charge in [-0.3, -0.25) is 0 Å². The van der Waals surface area contributed by atoms with Gasteiger partial charge in [-0.2, -0.15) is 4.68 Å². The fourth-order valence-electron chi connectivity index (χ4n) is 2.28. The lowest BCUT2D eigenvalue weighted by atomic mass is 10.2. The normalized spacial score (nSPS) is 12.3. The van der Waals surface area contributed by atoms with Crippen molar-refractivity contribution in [2.45, 2.75) is 19.3 Å². The largest absolute Gasteiger partial charge is 0.437 e. The number of aliphatic hydroxyl groups excluding tert-OH is 1. The monoisotopic (exact) mass is 378 g/mol. The Bertz CT molecular complexity index is 906. The van der Waals surface area contributed by atoms with Crippen molar-refractivity contribution in [3.63, 3.8) is 0 Å². The summed E-state index contributed by atoms with van der Waals surface area (Å²) in [5, 5.41) is 14.7. The molecule has 0 bridgehead atoms. The van der Waals surface area contributed by atoms with Gasteiger partial charge in [0.05, 0.1) is 25.9 Å². The first-order valence-electron chi connectivity index (χ1n) is 7.85. The number of aliphatic hydroxyl groups is 1. The average Bonchev–Trinajstić information content (AvgIpc) is 2.98. The van der Waals surface area contributed by atoms with Gasteiger partial charge in [0.15, 0.2) is 0 Å². The molecule has 0 radical (unpaired) electrons. The molecule has 0 amide bonds. The van der Waals surface area contributed by atoms with Gasteiger partial charge in [0.1, 0.15) is 5.82 Å². The molecule has 3 aromatic rings. The molecule has 0 saturated heterocycles. The van der Waals surface area contributed by atoms with Crippen LogP contribution in [0, 0.1) is 5.82 Å². The molecule has 2 aromatic carbocycles. The van der Waals surface area contributed by atoms with E-state index in [9.17, 15) is 14.3 Å². The summed E-state index contributed by atoms with van der Waals surface area (Å²) in [7, 11) is 0. The molecular formula is C18H16ClFN2O4. The highest BCUT2D eigenvalue weighted by Gasteiger charge is 2.14. The number of nitrogens with zero attached hydrogens (tertiary/aromatic N) is 2. The van der Waals surface area contributed by atoms with E-state index in [0.29, 0.717) is 17.2 Å². The van der Waals surface area contributed by atoms with Gasteiger partial charge in [-0.1, -0.05) is 23.7 Å². The number of hydrogen-bond acceptors (Lipinski definition) is 5. The molecule has 1 atom stereocenters. The first-order valence-corrected chi connectivity index (χ1v) is 8.23. The van der Waals surface area contributed by atoms with Crippen LogP contribution in [0.3, 0.4) is 0 Å². The zero-order chi connectivity index (χ0) is 18.5. The van der Waals surface area contributed by atoms with E-state index < -0.39 is 17.7 Å². The Morgan fingerprint density at radius 2 is 1.88 bits per heavy atom. The third-order valence-corrected chi connectivity index (χ3v) is 3.83. The fraction of sp³-hybridized carbons (Fsp3) is 0.222. The van der Waals surface area contributed by atoms with Crippen molar-refractivity contribution in [1.29, 1.82) is 0 Å². The molecule has 0 aliphatic rings. The summed E-state index contributed by atoms with van der Waals surface area (Å²) in [6, 6.07) is 12.6. The van der Waals surface area contributed by atoms with Crippen molar-refractivity contribution in [2.24, 2.45) is 0 Å². The molecule has 0 spiro atoms. The lowest BCUT2D eigenvalue weighted by molar-refractivity contribution is 0.0178. The Morgan fingerprint density at radius 3 is 2.58 bits per heavy atom. The molecule has 1 heterocycles. The lowest BCUT2D eigenvalue weighted by Gasteiger charge is -2.10. The molecule has 0 fully saturated rings. The van der Waals surface area contributed by atoms with Gasteiger partial charge in [-0.25, -0.2) is 9.18 Å². The number of ether oxygens (including phenoxy) is 1. The SMILES string of the molecule is O=c1oc(-c2ccc(F)cc2)nn1CC(O)COCc1ccc(Cl)cc1. The Balaban J connectivity index is 1.55. The second kappa shape index (κ2) is 8.27. The Kier molecular flexibility index (Phi) is 5.82. The Hall–Kier alpha value is -2.48. The average molecular weight is 379 g/mol.